The van der Waals surface area contributed by atoms with Crippen LogP contribution in [0.2, 0.25) is 0 Å². The summed E-state index contributed by atoms with van der Waals surface area (Å²) in [4.78, 5) is 23.1. The number of hydrogen-bond donors (Lipinski definition) is 1. The van der Waals surface area contributed by atoms with Gasteiger partial charge in [0.2, 0.25) is 0 Å². The van der Waals surface area contributed by atoms with Gasteiger partial charge in [0.25, 0.3) is 5.91 Å². The molecule has 27 heavy (non-hydrogen) atoms. The van der Waals surface area contributed by atoms with Gasteiger partial charge in [-0.05, 0) is 63.1 Å². The van der Waals surface area contributed by atoms with Gasteiger partial charge in [-0.25, -0.2) is 4.98 Å². The van der Waals surface area contributed by atoms with Gasteiger partial charge in [-0.1, -0.05) is 12.1 Å². The number of aromatic amines is 1. The fourth-order valence-corrected chi connectivity index (χ4v) is 4.44. The topological polar surface area (TPSA) is 53.9 Å². The van der Waals surface area contributed by atoms with Crippen molar-refractivity contribution in [2.24, 2.45) is 0 Å². The van der Waals surface area contributed by atoms with Crippen molar-refractivity contribution < 1.29 is 4.79 Å². The minimum atomic E-state index is 0.151. The van der Waals surface area contributed by atoms with Gasteiger partial charge in [-0.3, -0.25) is 4.79 Å². The lowest BCUT2D eigenvalue weighted by Crippen LogP contribution is -2.44. The number of nitrogens with zero attached hydrogens (tertiary/aromatic N) is 3. The molecule has 0 radical (unpaired) electrons. The van der Waals surface area contributed by atoms with Gasteiger partial charge in [0, 0.05) is 42.4 Å². The highest BCUT2D eigenvalue weighted by molar-refractivity contribution is 6.02. The lowest BCUT2D eigenvalue weighted by molar-refractivity contribution is 0.0589. The van der Waals surface area contributed by atoms with Crippen molar-refractivity contribution in [1.29, 1.82) is 0 Å². The first-order valence-corrected chi connectivity index (χ1v) is 9.91. The van der Waals surface area contributed by atoms with Crippen LogP contribution >= 0.6 is 0 Å². The lowest BCUT2D eigenvalue weighted by atomic mass is 9.98. The predicted molar refractivity (Wildman–Crippen MR) is 108 cm³/mol. The van der Waals surface area contributed by atoms with E-state index in [0.717, 1.165) is 49.1 Å². The van der Waals surface area contributed by atoms with Crippen LogP contribution in [0.5, 0.6) is 0 Å². The maximum atomic E-state index is 13.5. The summed E-state index contributed by atoms with van der Waals surface area (Å²) < 4.78 is 2.10. The molecule has 0 saturated carbocycles. The molecule has 0 spiro atoms. The Morgan fingerprint density at radius 2 is 2.04 bits per heavy atom. The van der Waals surface area contributed by atoms with Gasteiger partial charge >= 0.3 is 0 Å². The van der Waals surface area contributed by atoms with Gasteiger partial charge in [-0.15, -0.1) is 0 Å². The number of piperidine rings is 1. The van der Waals surface area contributed by atoms with E-state index in [4.69, 9.17) is 0 Å². The van der Waals surface area contributed by atoms with Crippen LogP contribution in [0.1, 0.15) is 52.9 Å². The van der Waals surface area contributed by atoms with Crippen LogP contribution in [0.25, 0.3) is 10.9 Å². The Morgan fingerprint density at radius 1 is 1.22 bits per heavy atom. The maximum absolute atomic E-state index is 13.5. The number of aryl methyl sites for hydroxylation is 4. The number of H-pyrrole nitrogens is 1. The van der Waals surface area contributed by atoms with E-state index in [0.29, 0.717) is 6.04 Å². The van der Waals surface area contributed by atoms with Gasteiger partial charge in [0.15, 0.2) is 0 Å². The number of benzene rings is 1. The number of imidazole rings is 1. The second-order valence-corrected chi connectivity index (χ2v) is 7.81. The number of fused-ring (bicyclic) bond motifs is 1. The van der Waals surface area contributed by atoms with E-state index >= 15 is 0 Å². The molecule has 4 rings (SSSR count). The highest BCUT2D eigenvalue weighted by Gasteiger charge is 2.29. The third-order valence-corrected chi connectivity index (χ3v) is 6.00. The molecule has 1 atom stereocenters. The summed E-state index contributed by atoms with van der Waals surface area (Å²) in [6.07, 6.45) is 9.98. The standard InChI is InChI=1S/C22H28N4O/c1-15-7-8-16(2)20-19(15)17(3)21(24-20)22(27)26-11-5-4-6-18(26)9-12-25-13-10-23-14-25/h7-8,10,13-14,18,24H,4-6,9,11-12H2,1-3H3/t18-/m1/s1. The normalized spacial score (nSPS) is 17.6. The molecule has 1 aliphatic rings. The van der Waals surface area contributed by atoms with Crippen LogP contribution in [-0.2, 0) is 6.54 Å². The van der Waals surface area contributed by atoms with Gasteiger partial charge in [0.05, 0.1) is 6.33 Å². The van der Waals surface area contributed by atoms with Gasteiger partial charge < -0.3 is 14.5 Å². The molecule has 1 amide bonds. The molecule has 0 bridgehead atoms. The number of nitrogens with one attached hydrogen (secondary N) is 1. The summed E-state index contributed by atoms with van der Waals surface area (Å²) in [5, 5.41) is 1.20. The van der Waals surface area contributed by atoms with Crippen molar-refractivity contribution in [3.8, 4) is 0 Å². The molecule has 3 heterocycles. The summed E-state index contributed by atoms with van der Waals surface area (Å²) >= 11 is 0. The Kier molecular flexibility index (Phi) is 4.77. The molecular weight excluding hydrogens is 336 g/mol. The molecule has 1 N–H and O–H groups in total. The summed E-state index contributed by atoms with van der Waals surface area (Å²) in [7, 11) is 0. The van der Waals surface area contributed by atoms with Gasteiger partial charge in [0.1, 0.15) is 5.69 Å². The third-order valence-electron chi connectivity index (χ3n) is 6.00. The zero-order chi connectivity index (χ0) is 19.0. The minimum Gasteiger partial charge on any atom is -0.350 e. The molecule has 0 aliphatic carbocycles. The zero-order valence-corrected chi connectivity index (χ0v) is 16.5. The highest BCUT2D eigenvalue weighted by Crippen LogP contribution is 2.30. The first kappa shape index (κ1) is 17.8. The highest BCUT2D eigenvalue weighted by atomic mass is 16.2. The molecule has 1 fully saturated rings. The first-order chi connectivity index (χ1) is 13.1. The lowest BCUT2D eigenvalue weighted by Gasteiger charge is -2.36. The van der Waals surface area contributed by atoms with Crippen molar-refractivity contribution in [2.45, 2.75) is 59.0 Å². The van der Waals surface area contributed by atoms with E-state index in [2.05, 4.69) is 52.3 Å². The van der Waals surface area contributed by atoms with Gasteiger partial charge in [-0.2, -0.15) is 0 Å². The number of hydrogen-bond acceptors (Lipinski definition) is 2. The van der Waals surface area contributed by atoms with E-state index < -0.39 is 0 Å². The smallest absolute Gasteiger partial charge is 0.270 e. The summed E-state index contributed by atoms with van der Waals surface area (Å²) in [6, 6.07) is 4.56. The Hall–Kier alpha value is -2.56. The first-order valence-electron chi connectivity index (χ1n) is 9.91. The summed E-state index contributed by atoms with van der Waals surface area (Å²) in [6.45, 7) is 8.04. The van der Waals surface area contributed by atoms with Crippen molar-refractivity contribution >= 4 is 16.8 Å². The molecule has 142 valence electrons. The zero-order valence-electron chi connectivity index (χ0n) is 16.5. The fraction of sp³-hybridized carbons (Fsp3) is 0.455. The van der Waals surface area contributed by atoms with E-state index in [9.17, 15) is 4.79 Å². The van der Waals surface area contributed by atoms with Crippen LogP contribution in [0, 0.1) is 20.8 Å². The molecule has 3 aromatic rings. The number of amides is 1. The molecule has 5 heteroatoms. The average Bonchev–Trinajstić information content (AvgIpc) is 3.31. The Balaban J connectivity index is 1.62. The minimum absolute atomic E-state index is 0.151. The molecule has 0 unspecified atom stereocenters. The van der Waals surface area contributed by atoms with E-state index in [-0.39, 0.29) is 5.91 Å². The largest absolute Gasteiger partial charge is 0.350 e. The van der Waals surface area contributed by atoms with Crippen LogP contribution in [0.3, 0.4) is 0 Å². The predicted octanol–water partition coefficient (Wildman–Crippen LogP) is 4.37. The SMILES string of the molecule is Cc1ccc(C)c2c(C)c(C(=O)N3CCCC[C@@H]3CCn3ccnc3)[nH]c12. The molecule has 2 aromatic heterocycles. The Morgan fingerprint density at radius 3 is 2.78 bits per heavy atom. The van der Waals surface area contributed by atoms with E-state index in [1.165, 1.54) is 22.9 Å². The fourth-order valence-electron chi connectivity index (χ4n) is 4.44. The number of carbonyl (C=O) groups is 1. The van der Waals surface area contributed by atoms with E-state index in [1.54, 1.807) is 0 Å². The molecule has 1 aromatic carbocycles. The molecule has 1 saturated heterocycles. The van der Waals surface area contributed by atoms with Crippen molar-refractivity contribution in [1.82, 2.24) is 19.4 Å². The Bertz CT molecular complexity index is 955. The van der Waals surface area contributed by atoms with Crippen LogP contribution < -0.4 is 0 Å². The second kappa shape index (κ2) is 7.22. The van der Waals surface area contributed by atoms with Crippen LogP contribution in [0.4, 0.5) is 0 Å². The van der Waals surface area contributed by atoms with Crippen LogP contribution in [0.15, 0.2) is 30.9 Å². The summed E-state index contributed by atoms with van der Waals surface area (Å²) in [5.41, 5.74) is 5.35. The summed E-state index contributed by atoms with van der Waals surface area (Å²) in [5.74, 6) is 0.151. The molecule has 5 nitrogen and oxygen atoms in total. The third kappa shape index (κ3) is 3.27. The average molecular weight is 364 g/mol. The quantitative estimate of drug-likeness (QED) is 0.747. The number of carbonyl (C=O) groups excluding carboxylic acids is 1. The monoisotopic (exact) mass is 364 g/mol. The molecular formula is C22H28N4O. The Labute approximate surface area is 160 Å². The van der Waals surface area contributed by atoms with Crippen molar-refractivity contribution in [2.75, 3.05) is 6.54 Å². The maximum Gasteiger partial charge on any atom is 0.270 e. The second-order valence-electron chi connectivity index (χ2n) is 7.81. The number of aromatic nitrogens is 3. The van der Waals surface area contributed by atoms with Crippen molar-refractivity contribution in [3.05, 3.63) is 53.2 Å². The number of likely N-dealkylation sites (tertiary alicyclic amines) is 1. The van der Waals surface area contributed by atoms with Crippen LogP contribution in [-0.4, -0.2) is 37.9 Å². The van der Waals surface area contributed by atoms with E-state index in [1.807, 2.05) is 18.7 Å². The number of rotatable bonds is 4. The molecule has 1 aliphatic heterocycles. The van der Waals surface area contributed by atoms with Crippen molar-refractivity contribution in [3.63, 3.8) is 0 Å².